The molecule has 0 bridgehead atoms. The van der Waals surface area contributed by atoms with Crippen LogP contribution < -0.4 is 14.9 Å². The fraction of sp³-hybridized carbons (Fsp3) is 0.231. The minimum absolute atomic E-state index is 0. The van der Waals surface area contributed by atoms with E-state index in [2.05, 4.69) is 24.8 Å². The van der Waals surface area contributed by atoms with Crippen LogP contribution in [0, 0.1) is 11.6 Å². The molecule has 0 spiro atoms. The molecule has 206 valence electrons. The van der Waals surface area contributed by atoms with E-state index in [0.717, 1.165) is 65.8 Å². The Morgan fingerprint density at radius 2 is 1.64 bits per heavy atom. The highest BCUT2D eigenvalue weighted by molar-refractivity contribution is 7.92. The van der Waals surface area contributed by atoms with Crippen molar-refractivity contribution in [3.05, 3.63) is 83.9 Å². The Hall–Kier alpha value is -3.32. The summed E-state index contributed by atoms with van der Waals surface area (Å²) in [7, 11) is -4.00. The van der Waals surface area contributed by atoms with E-state index in [1.54, 1.807) is 24.3 Å². The highest BCUT2D eigenvalue weighted by atomic mass is 35.5. The maximum absolute atomic E-state index is 13.5. The van der Waals surface area contributed by atoms with E-state index in [-0.39, 0.29) is 34.4 Å². The third-order valence-corrected chi connectivity index (χ3v) is 8.70. The van der Waals surface area contributed by atoms with Crippen molar-refractivity contribution in [2.75, 3.05) is 48.9 Å². The maximum atomic E-state index is 13.5. The lowest BCUT2D eigenvalue weighted by Gasteiger charge is -2.34. The number of nitrogens with one attached hydrogen (secondary N) is 2. The van der Waals surface area contributed by atoms with Crippen LogP contribution in [0.5, 0.6) is 0 Å². The third-order valence-electron chi connectivity index (χ3n) is 6.24. The van der Waals surface area contributed by atoms with Crippen LogP contribution in [0.1, 0.15) is 10.4 Å². The molecule has 0 aliphatic carbocycles. The first-order chi connectivity index (χ1) is 18.3. The van der Waals surface area contributed by atoms with E-state index in [1.165, 1.54) is 29.5 Å². The summed E-state index contributed by atoms with van der Waals surface area (Å²) >= 11 is 1.48. The van der Waals surface area contributed by atoms with Gasteiger partial charge < -0.3 is 10.2 Å². The average molecular weight is 594 g/mol. The minimum Gasteiger partial charge on any atom is -0.351 e. The molecular weight excluding hydrogens is 568 g/mol. The average Bonchev–Trinajstić information content (AvgIpc) is 3.32. The number of amides is 1. The van der Waals surface area contributed by atoms with Gasteiger partial charge in [-0.1, -0.05) is 23.5 Å². The lowest BCUT2D eigenvalue weighted by Crippen LogP contribution is -2.48. The number of hydrogen-bond donors (Lipinski definition) is 2. The maximum Gasteiger partial charge on any atom is 0.261 e. The van der Waals surface area contributed by atoms with E-state index in [0.29, 0.717) is 13.1 Å². The Morgan fingerprint density at radius 1 is 0.949 bits per heavy atom. The molecule has 1 amide bonds. The van der Waals surface area contributed by atoms with Gasteiger partial charge in [-0.2, -0.15) is 0 Å². The molecule has 0 saturated carbocycles. The molecule has 0 atom stereocenters. The van der Waals surface area contributed by atoms with E-state index >= 15 is 0 Å². The van der Waals surface area contributed by atoms with Gasteiger partial charge in [0, 0.05) is 39.3 Å². The van der Waals surface area contributed by atoms with E-state index in [1.807, 2.05) is 0 Å². The summed E-state index contributed by atoms with van der Waals surface area (Å²) in [5.74, 6) is -1.21. The van der Waals surface area contributed by atoms with Crippen molar-refractivity contribution in [3.63, 3.8) is 0 Å². The molecular formula is C26H26ClF2N5O3S2. The summed E-state index contributed by atoms with van der Waals surface area (Å²) in [6.45, 7) is 4.13. The minimum atomic E-state index is -4.00. The molecule has 0 unspecified atom stereocenters. The molecule has 8 nitrogen and oxygen atoms in total. The number of benzene rings is 3. The molecule has 39 heavy (non-hydrogen) atoms. The first-order valence-corrected chi connectivity index (χ1v) is 14.3. The molecule has 1 fully saturated rings. The van der Waals surface area contributed by atoms with Gasteiger partial charge in [-0.15, -0.1) is 12.4 Å². The monoisotopic (exact) mass is 593 g/mol. The van der Waals surface area contributed by atoms with Crippen molar-refractivity contribution in [2.24, 2.45) is 0 Å². The number of fused-ring (bicyclic) bond motifs is 1. The normalized spacial score (nSPS) is 14.2. The number of piperazine rings is 1. The lowest BCUT2D eigenvalue weighted by molar-refractivity contribution is 0.0948. The largest absolute Gasteiger partial charge is 0.351 e. The number of sulfonamides is 1. The number of nitrogens with zero attached hydrogens (tertiary/aromatic N) is 3. The summed E-state index contributed by atoms with van der Waals surface area (Å²) in [4.78, 5) is 21.8. The summed E-state index contributed by atoms with van der Waals surface area (Å²) in [6, 6.07) is 15.4. The fourth-order valence-corrected chi connectivity index (χ4v) is 6.32. The number of carbonyl (C=O) groups is 1. The number of para-hydroxylation sites is 1. The lowest BCUT2D eigenvalue weighted by atomic mass is 10.1. The molecule has 3 aromatic carbocycles. The van der Waals surface area contributed by atoms with E-state index < -0.39 is 21.7 Å². The molecule has 0 radical (unpaired) electrons. The zero-order valence-corrected chi connectivity index (χ0v) is 23.1. The van der Waals surface area contributed by atoms with Gasteiger partial charge in [0.1, 0.15) is 11.6 Å². The second kappa shape index (κ2) is 12.2. The molecule has 2 heterocycles. The Bertz CT molecular complexity index is 1560. The Labute approximate surface area is 235 Å². The summed E-state index contributed by atoms with van der Waals surface area (Å²) in [5.41, 5.74) is 1.12. The van der Waals surface area contributed by atoms with Crippen LogP contribution in [0.25, 0.3) is 10.2 Å². The van der Waals surface area contributed by atoms with Crippen molar-refractivity contribution in [3.8, 4) is 0 Å². The van der Waals surface area contributed by atoms with E-state index in [9.17, 15) is 22.0 Å². The number of hydrogen-bond acceptors (Lipinski definition) is 7. The Morgan fingerprint density at radius 3 is 2.38 bits per heavy atom. The highest BCUT2D eigenvalue weighted by Gasteiger charge is 2.21. The van der Waals surface area contributed by atoms with Crippen molar-refractivity contribution in [1.82, 2.24) is 15.2 Å². The second-order valence-corrected chi connectivity index (χ2v) is 11.5. The molecule has 2 N–H and O–H groups in total. The quantitative estimate of drug-likeness (QED) is 0.315. The summed E-state index contributed by atoms with van der Waals surface area (Å²) in [5, 5.41) is 3.73. The van der Waals surface area contributed by atoms with Crippen molar-refractivity contribution < 1.29 is 22.0 Å². The zero-order chi connectivity index (χ0) is 26.7. The van der Waals surface area contributed by atoms with Crippen LogP contribution in [-0.2, 0) is 10.0 Å². The van der Waals surface area contributed by atoms with Gasteiger partial charge in [0.25, 0.3) is 15.9 Å². The smallest absolute Gasteiger partial charge is 0.261 e. The Balaban J connectivity index is 0.00000353. The molecule has 5 rings (SSSR count). The summed E-state index contributed by atoms with van der Waals surface area (Å²) < 4.78 is 55.3. The Kier molecular flexibility index (Phi) is 9.01. The van der Waals surface area contributed by atoms with Gasteiger partial charge in [-0.3, -0.25) is 14.4 Å². The first kappa shape index (κ1) is 28.7. The van der Waals surface area contributed by atoms with Crippen LogP contribution in [-0.4, -0.2) is 63.5 Å². The number of thiazole rings is 1. The van der Waals surface area contributed by atoms with Gasteiger partial charge >= 0.3 is 0 Å². The first-order valence-electron chi connectivity index (χ1n) is 12.0. The predicted octanol–water partition coefficient (Wildman–Crippen LogP) is 4.35. The fourth-order valence-electron chi connectivity index (χ4n) is 4.19. The van der Waals surface area contributed by atoms with Crippen molar-refractivity contribution >= 4 is 60.7 Å². The number of rotatable bonds is 8. The van der Waals surface area contributed by atoms with Crippen LogP contribution in [0.4, 0.5) is 19.6 Å². The SMILES string of the molecule is Cl.O=C(NCCN1CCN(c2nc3ccc(F)cc3s2)CC1)c1ccccc1NS(=O)(=O)c1ccc(F)cc1. The van der Waals surface area contributed by atoms with Gasteiger partial charge in [0.05, 0.1) is 26.4 Å². The van der Waals surface area contributed by atoms with Crippen LogP contribution >= 0.6 is 23.7 Å². The second-order valence-electron chi connectivity index (χ2n) is 8.80. The van der Waals surface area contributed by atoms with Gasteiger partial charge in [0.2, 0.25) is 0 Å². The van der Waals surface area contributed by atoms with Crippen LogP contribution in [0.2, 0.25) is 0 Å². The predicted molar refractivity (Wildman–Crippen MR) is 151 cm³/mol. The van der Waals surface area contributed by atoms with Crippen molar-refractivity contribution in [2.45, 2.75) is 4.90 Å². The van der Waals surface area contributed by atoms with E-state index in [4.69, 9.17) is 0 Å². The number of halogens is 3. The third kappa shape index (κ3) is 6.82. The highest BCUT2D eigenvalue weighted by Crippen LogP contribution is 2.30. The molecule has 4 aromatic rings. The molecule has 1 aliphatic heterocycles. The zero-order valence-electron chi connectivity index (χ0n) is 20.6. The van der Waals surface area contributed by atoms with Crippen LogP contribution in [0.3, 0.4) is 0 Å². The molecule has 1 aliphatic rings. The summed E-state index contributed by atoms with van der Waals surface area (Å²) in [6.07, 6.45) is 0. The number of anilines is 2. The standard InChI is InChI=1S/C26H25F2N5O3S2.ClH/c27-18-5-8-20(9-6-18)38(35,36)31-22-4-2-1-3-21(22)25(34)29-11-12-32-13-15-33(16-14-32)26-30-23-10-7-19(28)17-24(23)37-26;/h1-10,17,31H,11-16H2,(H,29,34);1H. The molecule has 1 aromatic heterocycles. The molecule has 13 heteroatoms. The van der Waals surface area contributed by atoms with Crippen molar-refractivity contribution in [1.29, 1.82) is 0 Å². The van der Waals surface area contributed by atoms with Gasteiger partial charge in [-0.05, 0) is 54.6 Å². The van der Waals surface area contributed by atoms with Gasteiger partial charge in [0.15, 0.2) is 5.13 Å². The number of carbonyl (C=O) groups excluding carboxylic acids is 1. The van der Waals surface area contributed by atoms with Crippen LogP contribution in [0.15, 0.2) is 71.6 Å². The van der Waals surface area contributed by atoms with Gasteiger partial charge in [-0.25, -0.2) is 22.2 Å². The topological polar surface area (TPSA) is 94.6 Å². The number of aromatic nitrogens is 1. The molecule has 1 saturated heterocycles.